The maximum absolute atomic E-state index is 11.2. The standard InChI is InChI=1S/C8H7N3O4/c12-5-9-10-8(13)6-1-3-7(4-2-6)11(14)15/h1-5H,(H,9,12)(H,10,13). The number of carbonyl (C=O) groups excluding carboxylic acids is 2. The summed E-state index contributed by atoms with van der Waals surface area (Å²) in [7, 11) is 0. The number of non-ortho nitro benzene ring substituents is 1. The van der Waals surface area contributed by atoms with E-state index in [1.807, 2.05) is 5.43 Å². The van der Waals surface area contributed by atoms with Crippen LogP contribution in [0.2, 0.25) is 0 Å². The van der Waals surface area contributed by atoms with E-state index in [0.29, 0.717) is 6.41 Å². The quantitative estimate of drug-likeness (QED) is 0.413. The number of amides is 2. The highest BCUT2D eigenvalue weighted by molar-refractivity contribution is 5.94. The van der Waals surface area contributed by atoms with Gasteiger partial charge in [0.2, 0.25) is 6.41 Å². The third kappa shape index (κ3) is 2.76. The van der Waals surface area contributed by atoms with Crippen molar-refractivity contribution in [1.29, 1.82) is 0 Å². The summed E-state index contributed by atoms with van der Waals surface area (Å²) in [6.45, 7) is 0. The first kappa shape index (κ1) is 10.6. The Morgan fingerprint density at radius 3 is 2.40 bits per heavy atom. The fourth-order valence-electron chi connectivity index (χ4n) is 0.902. The van der Waals surface area contributed by atoms with Gasteiger partial charge in [0.25, 0.3) is 11.6 Å². The molecular formula is C8H7N3O4. The van der Waals surface area contributed by atoms with Crippen molar-refractivity contribution in [2.24, 2.45) is 0 Å². The first-order valence-corrected chi connectivity index (χ1v) is 3.89. The molecule has 0 spiro atoms. The number of rotatable bonds is 4. The van der Waals surface area contributed by atoms with Crippen molar-refractivity contribution >= 4 is 18.0 Å². The lowest BCUT2D eigenvalue weighted by Crippen LogP contribution is -2.36. The molecule has 0 aliphatic rings. The van der Waals surface area contributed by atoms with Crippen LogP contribution >= 0.6 is 0 Å². The van der Waals surface area contributed by atoms with Crippen LogP contribution in [-0.4, -0.2) is 17.2 Å². The molecule has 0 fully saturated rings. The third-order valence-corrected chi connectivity index (χ3v) is 1.58. The number of benzene rings is 1. The number of nitro benzene ring substituents is 1. The molecule has 0 atom stereocenters. The normalized spacial score (nSPS) is 9.07. The molecule has 0 aromatic heterocycles. The molecule has 15 heavy (non-hydrogen) atoms. The van der Waals surface area contributed by atoms with Gasteiger partial charge in [-0.05, 0) is 12.1 Å². The van der Waals surface area contributed by atoms with E-state index in [2.05, 4.69) is 5.43 Å². The van der Waals surface area contributed by atoms with E-state index in [0.717, 1.165) is 0 Å². The van der Waals surface area contributed by atoms with E-state index in [4.69, 9.17) is 0 Å². The Morgan fingerprint density at radius 1 is 1.33 bits per heavy atom. The van der Waals surface area contributed by atoms with Crippen molar-refractivity contribution in [3.63, 3.8) is 0 Å². The Kier molecular flexibility index (Phi) is 3.33. The Morgan fingerprint density at radius 2 is 1.93 bits per heavy atom. The predicted molar refractivity (Wildman–Crippen MR) is 49.8 cm³/mol. The molecule has 1 aromatic rings. The van der Waals surface area contributed by atoms with Gasteiger partial charge in [-0.1, -0.05) is 0 Å². The summed E-state index contributed by atoms with van der Waals surface area (Å²) in [4.78, 5) is 30.8. The molecule has 0 saturated carbocycles. The SMILES string of the molecule is O=CNNC(=O)c1ccc([N+](=O)[O-])cc1. The fraction of sp³-hybridized carbons (Fsp3) is 0. The van der Waals surface area contributed by atoms with E-state index in [9.17, 15) is 19.7 Å². The van der Waals surface area contributed by atoms with Crippen molar-refractivity contribution in [2.45, 2.75) is 0 Å². The minimum absolute atomic E-state index is 0.102. The number of nitro groups is 1. The number of hydrazine groups is 1. The summed E-state index contributed by atoms with van der Waals surface area (Å²) < 4.78 is 0. The average molecular weight is 209 g/mol. The summed E-state index contributed by atoms with van der Waals surface area (Å²) in [5, 5.41) is 10.3. The lowest BCUT2D eigenvalue weighted by molar-refractivity contribution is -0.384. The number of hydrogen-bond donors (Lipinski definition) is 2. The molecular weight excluding hydrogens is 202 g/mol. The summed E-state index contributed by atoms with van der Waals surface area (Å²) in [5.74, 6) is -0.544. The molecule has 0 saturated heterocycles. The summed E-state index contributed by atoms with van der Waals surface area (Å²) in [5.41, 5.74) is 4.16. The van der Waals surface area contributed by atoms with E-state index < -0.39 is 10.8 Å². The highest BCUT2D eigenvalue weighted by Gasteiger charge is 2.08. The average Bonchev–Trinajstić information content (AvgIpc) is 2.26. The highest BCUT2D eigenvalue weighted by Crippen LogP contribution is 2.11. The van der Waals surface area contributed by atoms with Gasteiger partial charge >= 0.3 is 0 Å². The fourth-order valence-corrected chi connectivity index (χ4v) is 0.902. The van der Waals surface area contributed by atoms with Gasteiger partial charge in [-0.2, -0.15) is 0 Å². The van der Waals surface area contributed by atoms with Crippen LogP contribution in [0.5, 0.6) is 0 Å². The monoisotopic (exact) mass is 209 g/mol. The zero-order valence-electron chi connectivity index (χ0n) is 7.47. The van der Waals surface area contributed by atoms with Crippen molar-refractivity contribution in [1.82, 2.24) is 10.9 Å². The van der Waals surface area contributed by atoms with Gasteiger partial charge < -0.3 is 0 Å². The first-order valence-electron chi connectivity index (χ1n) is 3.89. The second-order valence-electron chi connectivity index (χ2n) is 2.52. The molecule has 0 heterocycles. The number of nitrogens with zero attached hydrogens (tertiary/aromatic N) is 1. The first-order chi connectivity index (χ1) is 7.15. The summed E-state index contributed by atoms with van der Waals surface area (Å²) in [6, 6.07) is 4.99. The van der Waals surface area contributed by atoms with Gasteiger partial charge in [0.15, 0.2) is 0 Å². The van der Waals surface area contributed by atoms with Crippen molar-refractivity contribution < 1.29 is 14.5 Å². The van der Waals surface area contributed by atoms with Crippen LogP contribution in [0.1, 0.15) is 10.4 Å². The minimum atomic E-state index is -0.564. The Labute approximate surface area is 84.2 Å². The summed E-state index contributed by atoms with van der Waals surface area (Å²) in [6.07, 6.45) is 0.309. The highest BCUT2D eigenvalue weighted by atomic mass is 16.6. The van der Waals surface area contributed by atoms with Crippen molar-refractivity contribution in [3.8, 4) is 0 Å². The van der Waals surface area contributed by atoms with Crippen molar-refractivity contribution in [2.75, 3.05) is 0 Å². The zero-order chi connectivity index (χ0) is 11.3. The van der Waals surface area contributed by atoms with Gasteiger partial charge in [-0.25, -0.2) is 0 Å². The van der Waals surface area contributed by atoms with Crippen LogP contribution < -0.4 is 10.9 Å². The van der Waals surface area contributed by atoms with Crippen LogP contribution in [0.25, 0.3) is 0 Å². The van der Waals surface area contributed by atoms with Gasteiger partial charge in [0, 0.05) is 17.7 Å². The number of hydrogen-bond acceptors (Lipinski definition) is 4. The van der Waals surface area contributed by atoms with Crippen LogP contribution in [0.15, 0.2) is 24.3 Å². The Balaban J connectivity index is 2.75. The summed E-state index contributed by atoms with van der Waals surface area (Å²) >= 11 is 0. The second kappa shape index (κ2) is 4.70. The molecule has 0 radical (unpaired) electrons. The Hall–Kier alpha value is -2.44. The van der Waals surface area contributed by atoms with Gasteiger partial charge in [0.1, 0.15) is 0 Å². The Bertz CT molecular complexity index is 387. The van der Waals surface area contributed by atoms with E-state index in [1.165, 1.54) is 24.3 Å². The van der Waals surface area contributed by atoms with Crippen LogP contribution in [0.3, 0.4) is 0 Å². The van der Waals surface area contributed by atoms with E-state index in [-0.39, 0.29) is 11.3 Å². The lowest BCUT2D eigenvalue weighted by Gasteiger charge is -2.01. The third-order valence-electron chi connectivity index (χ3n) is 1.58. The lowest BCUT2D eigenvalue weighted by atomic mass is 10.2. The molecule has 7 nitrogen and oxygen atoms in total. The van der Waals surface area contributed by atoms with Gasteiger partial charge in [-0.15, -0.1) is 0 Å². The predicted octanol–water partition coefficient (Wildman–Crippen LogP) is -0.0144. The topological polar surface area (TPSA) is 101 Å². The molecule has 1 rings (SSSR count). The molecule has 0 bridgehead atoms. The van der Waals surface area contributed by atoms with Crippen LogP contribution in [-0.2, 0) is 4.79 Å². The van der Waals surface area contributed by atoms with Crippen LogP contribution in [0.4, 0.5) is 5.69 Å². The molecule has 1 aromatic carbocycles. The molecule has 0 unspecified atom stereocenters. The van der Waals surface area contributed by atoms with Gasteiger partial charge in [-0.3, -0.25) is 30.6 Å². The molecule has 0 aliphatic carbocycles. The number of carbonyl (C=O) groups is 2. The minimum Gasteiger partial charge on any atom is -0.277 e. The zero-order valence-corrected chi connectivity index (χ0v) is 7.47. The second-order valence-corrected chi connectivity index (χ2v) is 2.52. The molecule has 2 amide bonds. The molecule has 2 N–H and O–H groups in total. The molecule has 78 valence electrons. The van der Waals surface area contributed by atoms with Gasteiger partial charge in [0.05, 0.1) is 4.92 Å². The van der Waals surface area contributed by atoms with E-state index in [1.54, 1.807) is 0 Å². The van der Waals surface area contributed by atoms with Crippen LogP contribution in [0, 0.1) is 10.1 Å². The van der Waals surface area contributed by atoms with E-state index >= 15 is 0 Å². The maximum atomic E-state index is 11.2. The number of nitrogens with one attached hydrogen (secondary N) is 2. The maximum Gasteiger partial charge on any atom is 0.269 e. The smallest absolute Gasteiger partial charge is 0.269 e. The molecule has 7 heteroatoms. The molecule has 0 aliphatic heterocycles. The van der Waals surface area contributed by atoms with Crippen molar-refractivity contribution in [3.05, 3.63) is 39.9 Å². The largest absolute Gasteiger partial charge is 0.277 e.